The maximum absolute atomic E-state index is 11.8. The molecule has 0 aromatic heterocycles. The lowest BCUT2D eigenvalue weighted by Crippen LogP contribution is -2.41. The molecule has 2 aliphatic heterocycles. The highest BCUT2D eigenvalue weighted by Crippen LogP contribution is 2.38. The second-order valence-electron chi connectivity index (χ2n) is 6.47. The van der Waals surface area contributed by atoms with E-state index in [0.29, 0.717) is 12.5 Å². The number of rotatable bonds is 2. The fourth-order valence-electron chi connectivity index (χ4n) is 3.93. The van der Waals surface area contributed by atoms with Crippen LogP contribution in [-0.2, 0) is 9.53 Å². The molecule has 0 radical (unpaired) electrons. The molecule has 3 fully saturated rings. The van der Waals surface area contributed by atoms with Gasteiger partial charge in [-0.3, -0.25) is 9.79 Å². The fraction of sp³-hybridized carbons (Fsp3) is 0.875. The molecule has 3 aliphatic rings. The number of likely N-dealkylation sites (tertiary alicyclic amines) is 1. The summed E-state index contributed by atoms with van der Waals surface area (Å²) in [5.41, 5.74) is 0.745. The van der Waals surface area contributed by atoms with Crippen LogP contribution >= 0.6 is 0 Å². The summed E-state index contributed by atoms with van der Waals surface area (Å²) in [5, 5.41) is 0. The Balaban J connectivity index is 1.76. The lowest BCUT2D eigenvalue weighted by molar-refractivity contribution is -0.148. The lowest BCUT2D eigenvalue weighted by atomic mass is 9.81. The van der Waals surface area contributed by atoms with Gasteiger partial charge in [0.05, 0.1) is 18.2 Å². The zero-order valence-electron chi connectivity index (χ0n) is 12.6. The molecule has 0 aromatic rings. The Labute approximate surface area is 121 Å². The predicted octanol–water partition coefficient (Wildman–Crippen LogP) is 2.56. The summed E-state index contributed by atoms with van der Waals surface area (Å²) in [6, 6.07) is 0.368. The summed E-state index contributed by atoms with van der Waals surface area (Å²) < 4.78 is 5.71. The molecular formula is C16H26N2O2. The Bertz CT molecular complexity index is 399. The molecule has 0 bridgehead atoms. The third kappa shape index (κ3) is 2.76. The van der Waals surface area contributed by atoms with E-state index in [2.05, 4.69) is 11.8 Å². The van der Waals surface area contributed by atoms with E-state index in [0.717, 1.165) is 50.9 Å². The smallest absolute Gasteiger partial charge is 0.312 e. The molecule has 4 nitrogen and oxygen atoms in total. The molecule has 20 heavy (non-hydrogen) atoms. The van der Waals surface area contributed by atoms with Crippen LogP contribution in [-0.4, -0.2) is 47.9 Å². The van der Waals surface area contributed by atoms with Crippen molar-refractivity contribution in [3.8, 4) is 0 Å². The zero-order chi connectivity index (χ0) is 14.0. The Hall–Kier alpha value is -0.900. The monoisotopic (exact) mass is 278 g/mol. The summed E-state index contributed by atoms with van der Waals surface area (Å²) in [5.74, 6) is -0.0613. The third-order valence-electron chi connectivity index (χ3n) is 5.07. The quantitative estimate of drug-likeness (QED) is 0.729. The minimum absolute atomic E-state index is 0.0613. The summed E-state index contributed by atoms with van der Waals surface area (Å²) >= 11 is 0. The van der Waals surface area contributed by atoms with Gasteiger partial charge in [-0.05, 0) is 51.6 Å². The molecule has 0 aromatic carbocycles. The van der Waals surface area contributed by atoms with Gasteiger partial charge in [0.15, 0.2) is 5.60 Å². The van der Waals surface area contributed by atoms with Crippen LogP contribution in [0.3, 0.4) is 0 Å². The highest BCUT2D eigenvalue weighted by molar-refractivity contribution is 6.09. The van der Waals surface area contributed by atoms with E-state index in [1.165, 1.54) is 19.4 Å². The van der Waals surface area contributed by atoms with Crippen molar-refractivity contribution in [2.24, 2.45) is 4.99 Å². The number of hydrogen-bond donors (Lipinski definition) is 0. The molecule has 3 rings (SSSR count). The van der Waals surface area contributed by atoms with Gasteiger partial charge < -0.3 is 9.64 Å². The van der Waals surface area contributed by atoms with Crippen LogP contribution in [0, 0.1) is 0 Å². The predicted molar refractivity (Wildman–Crippen MR) is 79.1 cm³/mol. The molecule has 0 amide bonds. The Morgan fingerprint density at radius 3 is 2.85 bits per heavy atom. The van der Waals surface area contributed by atoms with Gasteiger partial charge in [0.2, 0.25) is 0 Å². The van der Waals surface area contributed by atoms with Crippen molar-refractivity contribution in [1.29, 1.82) is 0 Å². The van der Waals surface area contributed by atoms with Crippen molar-refractivity contribution in [2.75, 3.05) is 19.6 Å². The first-order chi connectivity index (χ1) is 9.72. The van der Waals surface area contributed by atoms with Crippen LogP contribution in [0.15, 0.2) is 4.99 Å². The fourth-order valence-corrected chi connectivity index (χ4v) is 3.93. The first kappa shape index (κ1) is 14.1. The molecule has 1 spiro atoms. The number of carbonyl (C=O) groups is 1. The Morgan fingerprint density at radius 1 is 1.30 bits per heavy atom. The molecule has 2 heterocycles. The van der Waals surface area contributed by atoms with Crippen molar-refractivity contribution >= 4 is 11.7 Å². The average molecular weight is 278 g/mol. The first-order valence-electron chi connectivity index (χ1n) is 8.23. The lowest BCUT2D eigenvalue weighted by Gasteiger charge is -2.34. The molecule has 0 N–H and O–H groups in total. The standard InChI is InChI=1S/C16H26N2O2/c1-2-18-10-6-7-13(12-18)17-14-11-15(19)20-16(14)8-4-3-5-9-16/h13H,2-12H2,1H3. The van der Waals surface area contributed by atoms with Gasteiger partial charge in [-0.25, -0.2) is 0 Å². The first-order valence-corrected chi connectivity index (χ1v) is 8.23. The van der Waals surface area contributed by atoms with Crippen molar-refractivity contribution in [2.45, 2.75) is 69.9 Å². The van der Waals surface area contributed by atoms with Gasteiger partial charge in [-0.2, -0.15) is 0 Å². The summed E-state index contributed by atoms with van der Waals surface area (Å²) in [4.78, 5) is 19.2. The van der Waals surface area contributed by atoms with Gasteiger partial charge in [-0.15, -0.1) is 0 Å². The molecule has 112 valence electrons. The number of nitrogens with zero attached hydrogens (tertiary/aromatic N) is 2. The molecule has 2 saturated heterocycles. The van der Waals surface area contributed by atoms with Gasteiger partial charge in [0, 0.05) is 6.54 Å². The maximum atomic E-state index is 11.8. The molecule has 1 aliphatic carbocycles. The second kappa shape index (κ2) is 5.84. The van der Waals surface area contributed by atoms with E-state index >= 15 is 0 Å². The van der Waals surface area contributed by atoms with E-state index < -0.39 is 0 Å². The van der Waals surface area contributed by atoms with Crippen LogP contribution in [0.4, 0.5) is 0 Å². The average Bonchev–Trinajstić information content (AvgIpc) is 2.75. The van der Waals surface area contributed by atoms with Crippen LogP contribution < -0.4 is 0 Å². The summed E-state index contributed by atoms with van der Waals surface area (Å²) in [6.45, 7) is 5.55. The van der Waals surface area contributed by atoms with E-state index in [1.54, 1.807) is 0 Å². The Morgan fingerprint density at radius 2 is 2.10 bits per heavy atom. The van der Waals surface area contributed by atoms with Crippen molar-refractivity contribution < 1.29 is 9.53 Å². The number of ether oxygens (including phenoxy) is 1. The van der Waals surface area contributed by atoms with Crippen molar-refractivity contribution in [3.05, 3.63) is 0 Å². The number of esters is 1. The molecule has 1 unspecified atom stereocenters. The van der Waals surface area contributed by atoms with Gasteiger partial charge in [0.25, 0.3) is 0 Å². The van der Waals surface area contributed by atoms with Crippen LogP contribution in [0.5, 0.6) is 0 Å². The number of carbonyl (C=O) groups excluding carboxylic acids is 1. The molecule has 4 heteroatoms. The van der Waals surface area contributed by atoms with Gasteiger partial charge in [0.1, 0.15) is 0 Å². The minimum Gasteiger partial charge on any atom is -0.453 e. The summed E-state index contributed by atoms with van der Waals surface area (Å²) in [6.07, 6.45) is 8.38. The van der Waals surface area contributed by atoms with Crippen LogP contribution in [0.25, 0.3) is 0 Å². The van der Waals surface area contributed by atoms with Crippen molar-refractivity contribution in [1.82, 2.24) is 4.90 Å². The highest BCUT2D eigenvalue weighted by atomic mass is 16.6. The van der Waals surface area contributed by atoms with Crippen LogP contribution in [0.2, 0.25) is 0 Å². The molecule has 1 saturated carbocycles. The largest absolute Gasteiger partial charge is 0.453 e. The third-order valence-corrected chi connectivity index (χ3v) is 5.07. The van der Waals surface area contributed by atoms with Gasteiger partial charge >= 0.3 is 5.97 Å². The SMILES string of the molecule is CCN1CCCC(N=C2CC(=O)OC23CCCCC3)C1. The maximum Gasteiger partial charge on any atom is 0.312 e. The second-order valence-corrected chi connectivity index (χ2v) is 6.47. The van der Waals surface area contributed by atoms with E-state index in [-0.39, 0.29) is 11.6 Å². The normalized spacial score (nSPS) is 32.8. The number of piperidine rings is 1. The molecular weight excluding hydrogens is 252 g/mol. The van der Waals surface area contributed by atoms with E-state index in [4.69, 9.17) is 9.73 Å². The van der Waals surface area contributed by atoms with Crippen LogP contribution in [0.1, 0.15) is 58.3 Å². The van der Waals surface area contributed by atoms with E-state index in [1.807, 2.05) is 0 Å². The molecule has 1 atom stereocenters. The van der Waals surface area contributed by atoms with Gasteiger partial charge in [-0.1, -0.05) is 13.3 Å². The zero-order valence-corrected chi connectivity index (χ0v) is 12.6. The van der Waals surface area contributed by atoms with Crippen molar-refractivity contribution in [3.63, 3.8) is 0 Å². The topological polar surface area (TPSA) is 41.9 Å². The number of aliphatic imine (C=N–C) groups is 1. The summed E-state index contributed by atoms with van der Waals surface area (Å²) in [7, 11) is 0. The van der Waals surface area contributed by atoms with E-state index in [9.17, 15) is 4.79 Å². The highest BCUT2D eigenvalue weighted by Gasteiger charge is 2.47. The number of hydrogen-bond acceptors (Lipinski definition) is 4. The minimum atomic E-state index is -0.316. The number of likely N-dealkylation sites (N-methyl/N-ethyl adjacent to an activating group) is 1. The Kier molecular flexibility index (Phi) is 4.11.